The van der Waals surface area contributed by atoms with Crippen LogP contribution < -0.4 is 0 Å². The first-order chi connectivity index (χ1) is 2.21. The fourth-order valence-corrected chi connectivity index (χ4v) is 0.167. The van der Waals surface area contributed by atoms with Crippen molar-refractivity contribution in [2.75, 3.05) is 0 Å². The summed E-state index contributed by atoms with van der Waals surface area (Å²) in [5.41, 5.74) is 0. The SMILES string of the molecule is CC1(C)B=C1. The van der Waals surface area contributed by atoms with E-state index < -0.39 is 0 Å². The quantitative estimate of drug-likeness (QED) is 0.365. The Morgan fingerprint density at radius 3 is 1.80 bits per heavy atom. The van der Waals surface area contributed by atoms with Gasteiger partial charge in [-0.05, 0) is 0 Å². The van der Waals surface area contributed by atoms with Gasteiger partial charge in [0.2, 0.25) is 0 Å². The Morgan fingerprint density at radius 1 is 1.60 bits per heavy atom. The second-order valence-corrected chi connectivity index (χ2v) is 2.15. The molecule has 1 aliphatic heterocycles. The summed E-state index contributed by atoms with van der Waals surface area (Å²) in [6, 6.07) is 0. The molecule has 1 heterocycles. The Morgan fingerprint density at radius 2 is 1.80 bits per heavy atom. The number of hydrogen-bond acceptors (Lipinski definition) is 0. The van der Waals surface area contributed by atoms with Crippen LogP contribution in [0.3, 0.4) is 0 Å². The summed E-state index contributed by atoms with van der Waals surface area (Å²) in [5, 5.41) is 0.500. The van der Waals surface area contributed by atoms with Crippen molar-refractivity contribution in [3.63, 3.8) is 0 Å². The van der Waals surface area contributed by atoms with Crippen LogP contribution >= 0.6 is 0 Å². The van der Waals surface area contributed by atoms with Crippen molar-refractivity contribution in [3.05, 3.63) is 0 Å². The van der Waals surface area contributed by atoms with E-state index >= 15 is 0 Å². The minimum atomic E-state index is 0.500. The molecule has 1 rings (SSSR count). The molecule has 0 radical (unpaired) electrons. The monoisotopic (exact) mass is 66.1 g/mol. The first-order valence-electron chi connectivity index (χ1n) is 1.91. The van der Waals surface area contributed by atoms with Gasteiger partial charge in [0.1, 0.15) is 0 Å². The summed E-state index contributed by atoms with van der Waals surface area (Å²) in [5.74, 6) is 2.19. The average molecular weight is 65.9 g/mol. The van der Waals surface area contributed by atoms with E-state index in [1.54, 1.807) is 0 Å². The fraction of sp³-hybridized carbons (Fsp3) is 0.750. The Bertz CT molecular complexity index is 63.7. The summed E-state index contributed by atoms with van der Waals surface area (Å²) in [7, 11) is 0. The summed E-state index contributed by atoms with van der Waals surface area (Å²) < 4.78 is 0. The first-order valence-corrected chi connectivity index (χ1v) is 1.91. The molecule has 0 saturated heterocycles. The van der Waals surface area contributed by atoms with Gasteiger partial charge < -0.3 is 0 Å². The molecule has 0 saturated carbocycles. The molecule has 1 aliphatic rings. The zero-order valence-electron chi connectivity index (χ0n) is 3.65. The van der Waals surface area contributed by atoms with E-state index in [1.807, 2.05) is 0 Å². The molecule has 0 aromatic carbocycles. The predicted octanol–water partition coefficient (Wildman–Crippen LogP) is 0.705. The van der Waals surface area contributed by atoms with E-state index in [0.29, 0.717) is 5.31 Å². The van der Waals surface area contributed by atoms with E-state index in [2.05, 4.69) is 26.7 Å². The zero-order valence-corrected chi connectivity index (χ0v) is 3.65. The van der Waals surface area contributed by atoms with Gasteiger partial charge in [0.15, 0.2) is 0 Å². The standard InChI is InChI=1S/C4H7B/c1-4(2)3-5-4/h3H,1-2H3. The van der Waals surface area contributed by atoms with Crippen LogP contribution in [-0.2, 0) is 0 Å². The van der Waals surface area contributed by atoms with E-state index in [9.17, 15) is 0 Å². The third-order valence-electron chi connectivity index (χ3n) is 0.833. The molecule has 0 bridgehead atoms. The van der Waals surface area contributed by atoms with Crippen molar-refractivity contribution in [2.45, 2.75) is 19.2 Å². The van der Waals surface area contributed by atoms with Crippen LogP contribution in [0.2, 0.25) is 5.31 Å². The van der Waals surface area contributed by atoms with Gasteiger partial charge in [0, 0.05) is 0 Å². The van der Waals surface area contributed by atoms with Crippen molar-refractivity contribution in [1.29, 1.82) is 0 Å². The summed E-state index contributed by atoms with van der Waals surface area (Å²) >= 11 is 0. The first kappa shape index (κ1) is 3.14. The van der Waals surface area contributed by atoms with Crippen LogP contribution in [0.15, 0.2) is 0 Å². The summed E-state index contributed by atoms with van der Waals surface area (Å²) in [4.78, 5) is 0. The van der Waals surface area contributed by atoms with Crippen LogP contribution in [0.5, 0.6) is 0 Å². The van der Waals surface area contributed by atoms with E-state index in [-0.39, 0.29) is 0 Å². The molecule has 0 aromatic heterocycles. The molecule has 5 heavy (non-hydrogen) atoms. The Labute approximate surface area is 33.1 Å². The second kappa shape index (κ2) is 0.538. The van der Waals surface area contributed by atoms with Crippen molar-refractivity contribution in [3.8, 4) is 0 Å². The van der Waals surface area contributed by atoms with Crippen molar-refractivity contribution in [1.82, 2.24) is 0 Å². The summed E-state index contributed by atoms with van der Waals surface area (Å²) in [6.45, 7) is 6.56. The van der Waals surface area contributed by atoms with Crippen LogP contribution in [0, 0.1) is 0 Å². The van der Waals surface area contributed by atoms with E-state index in [1.165, 1.54) is 0 Å². The Balaban J connectivity index is 2.47. The molecule has 0 aromatic rings. The number of rotatable bonds is 0. The Hall–Kier alpha value is -0.0651. The molecule has 26 valence electrons. The molecular formula is C4H7B. The molecule has 0 amide bonds. The van der Waals surface area contributed by atoms with Gasteiger partial charge in [0.25, 0.3) is 0 Å². The minimum absolute atomic E-state index is 0.500. The van der Waals surface area contributed by atoms with Gasteiger partial charge in [-0.25, -0.2) is 0 Å². The normalized spacial score (nSPS) is 25.2. The maximum absolute atomic E-state index is 2.19. The van der Waals surface area contributed by atoms with E-state index in [0.717, 1.165) is 0 Å². The predicted molar refractivity (Wildman–Crippen MR) is 25.9 cm³/mol. The third kappa shape index (κ3) is 0.605. The maximum atomic E-state index is 2.19. The van der Waals surface area contributed by atoms with Gasteiger partial charge in [-0.2, -0.15) is 0 Å². The second-order valence-electron chi connectivity index (χ2n) is 2.15. The van der Waals surface area contributed by atoms with Crippen LogP contribution in [0.1, 0.15) is 13.8 Å². The molecule has 0 nitrogen and oxygen atoms in total. The van der Waals surface area contributed by atoms with Gasteiger partial charge in [-0.1, -0.05) is 0 Å². The van der Waals surface area contributed by atoms with Gasteiger partial charge in [-0.15, -0.1) is 0 Å². The molecule has 0 spiro atoms. The Kier molecular flexibility index (Phi) is 0.338. The molecule has 0 fully saturated rings. The van der Waals surface area contributed by atoms with E-state index in [4.69, 9.17) is 0 Å². The van der Waals surface area contributed by atoms with Gasteiger partial charge >= 0.3 is 32.0 Å². The zero-order chi connectivity index (χ0) is 3.91. The molecule has 0 aliphatic carbocycles. The molecule has 0 atom stereocenters. The van der Waals surface area contributed by atoms with Crippen LogP contribution in [-0.4, -0.2) is 12.9 Å². The average Bonchev–Trinajstić information content (AvgIpc) is 1.76. The third-order valence-corrected chi connectivity index (χ3v) is 0.833. The molecule has 0 unspecified atom stereocenters. The number of hydrogen-bond donors (Lipinski definition) is 0. The molecule has 0 N–H and O–H groups in total. The summed E-state index contributed by atoms with van der Waals surface area (Å²) in [6.07, 6.45) is 0. The molecular weight excluding hydrogens is 58.9 g/mol. The van der Waals surface area contributed by atoms with Gasteiger partial charge in [0.05, 0.1) is 0 Å². The topological polar surface area (TPSA) is 0 Å². The van der Waals surface area contributed by atoms with Crippen molar-refractivity contribution in [2.24, 2.45) is 0 Å². The van der Waals surface area contributed by atoms with Crippen LogP contribution in [0.4, 0.5) is 0 Å². The van der Waals surface area contributed by atoms with Crippen LogP contribution in [0.25, 0.3) is 0 Å². The van der Waals surface area contributed by atoms with Crippen molar-refractivity contribution < 1.29 is 0 Å². The molecule has 1 heteroatoms. The van der Waals surface area contributed by atoms with Crippen molar-refractivity contribution >= 4 is 12.9 Å². The van der Waals surface area contributed by atoms with Gasteiger partial charge in [-0.3, -0.25) is 0 Å². The fourth-order valence-electron chi connectivity index (χ4n) is 0.167.